The number of carbonyl (C=O) groups excluding carboxylic acids is 1. The van der Waals surface area contributed by atoms with Gasteiger partial charge in [0.1, 0.15) is 22.7 Å². The van der Waals surface area contributed by atoms with E-state index in [1.54, 1.807) is 24.3 Å². The first-order chi connectivity index (χ1) is 13.9. The summed E-state index contributed by atoms with van der Waals surface area (Å²) in [7, 11) is 0. The van der Waals surface area contributed by atoms with Crippen molar-refractivity contribution in [2.45, 2.75) is 58.9 Å². The van der Waals surface area contributed by atoms with Crippen molar-refractivity contribution < 1.29 is 15.0 Å². The highest BCUT2D eigenvalue weighted by Gasteiger charge is 2.26. The Balaban J connectivity index is 1.90. The van der Waals surface area contributed by atoms with Gasteiger partial charge in [-0.1, -0.05) is 59.7 Å². The number of phenolic OH excluding ortho intramolecular Hbond substituents is 2. The number of nitrogens with zero attached hydrogens (tertiary/aromatic N) is 1. The van der Waals surface area contributed by atoms with Crippen LogP contribution in [0.1, 0.15) is 68.7 Å². The lowest BCUT2D eigenvalue weighted by atomic mass is 9.78. The average Bonchev–Trinajstić information content (AvgIpc) is 2.65. The lowest BCUT2D eigenvalue weighted by molar-refractivity contribution is 0.0946. The molecular formula is C25H30N2O3. The van der Waals surface area contributed by atoms with Crippen LogP contribution in [0.3, 0.4) is 0 Å². The Kier molecular flexibility index (Phi) is 5.50. The van der Waals surface area contributed by atoms with Crippen LogP contribution >= 0.6 is 0 Å². The lowest BCUT2D eigenvalue weighted by Crippen LogP contribution is -2.25. The molecular weight excluding hydrogens is 376 g/mol. The summed E-state index contributed by atoms with van der Waals surface area (Å²) >= 11 is 0. The maximum Gasteiger partial charge on any atom is 0.270 e. The molecule has 0 atom stereocenters. The summed E-state index contributed by atoms with van der Waals surface area (Å²) in [5.41, 5.74) is 2.80. The largest absolute Gasteiger partial charge is 0.507 e. The second-order valence-corrected chi connectivity index (χ2v) is 9.77. The molecule has 1 heterocycles. The molecule has 30 heavy (non-hydrogen) atoms. The van der Waals surface area contributed by atoms with Crippen LogP contribution in [-0.4, -0.2) is 21.1 Å². The zero-order chi connectivity index (χ0) is 22.3. The molecule has 0 bridgehead atoms. The van der Waals surface area contributed by atoms with Crippen LogP contribution in [0.15, 0.2) is 42.5 Å². The maximum absolute atomic E-state index is 12.7. The summed E-state index contributed by atoms with van der Waals surface area (Å²) in [5.74, 6) is 0.0462. The predicted molar refractivity (Wildman–Crippen MR) is 120 cm³/mol. The number of aromatic nitrogens is 1. The van der Waals surface area contributed by atoms with Crippen LogP contribution in [0.4, 0.5) is 0 Å². The van der Waals surface area contributed by atoms with Gasteiger partial charge in [0.15, 0.2) is 0 Å². The van der Waals surface area contributed by atoms with Gasteiger partial charge in [-0.25, -0.2) is 4.98 Å². The summed E-state index contributed by atoms with van der Waals surface area (Å²) in [6.45, 7) is 12.7. The van der Waals surface area contributed by atoms with E-state index in [0.717, 1.165) is 22.1 Å². The number of pyridine rings is 1. The number of carbonyl (C=O) groups is 1. The Morgan fingerprint density at radius 1 is 0.933 bits per heavy atom. The van der Waals surface area contributed by atoms with Crippen molar-refractivity contribution in [1.82, 2.24) is 10.3 Å². The first-order valence-corrected chi connectivity index (χ1v) is 10.1. The van der Waals surface area contributed by atoms with Gasteiger partial charge >= 0.3 is 0 Å². The van der Waals surface area contributed by atoms with Gasteiger partial charge in [-0.15, -0.1) is 0 Å². The van der Waals surface area contributed by atoms with Gasteiger partial charge < -0.3 is 15.5 Å². The first-order valence-electron chi connectivity index (χ1n) is 10.1. The smallest absolute Gasteiger partial charge is 0.270 e. The number of phenols is 2. The summed E-state index contributed by atoms with van der Waals surface area (Å²) in [6.07, 6.45) is 0. The monoisotopic (exact) mass is 406 g/mol. The third-order valence-electron chi connectivity index (χ3n) is 5.17. The first kappa shape index (κ1) is 21.6. The normalized spacial score (nSPS) is 12.2. The molecule has 158 valence electrons. The van der Waals surface area contributed by atoms with Gasteiger partial charge in [0, 0.05) is 11.9 Å². The molecule has 0 aliphatic carbocycles. The van der Waals surface area contributed by atoms with Crippen LogP contribution in [0, 0.1) is 0 Å². The number of aromatic hydroxyl groups is 2. The van der Waals surface area contributed by atoms with E-state index in [0.29, 0.717) is 17.8 Å². The Morgan fingerprint density at radius 2 is 1.53 bits per heavy atom. The fourth-order valence-electron chi connectivity index (χ4n) is 3.47. The second kappa shape index (κ2) is 7.63. The Hall–Kier alpha value is -3.08. The van der Waals surface area contributed by atoms with E-state index in [1.807, 2.05) is 18.2 Å². The molecule has 5 heteroatoms. The fourth-order valence-corrected chi connectivity index (χ4v) is 3.47. The molecule has 0 saturated heterocycles. The van der Waals surface area contributed by atoms with E-state index in [-0.39, 0.29) is 28.2 Å². The minimum absolute atomic E-state index is 0.0466. The molecule has 5 nitrogen and oxygen atoms in total. The van der Waals surface area contributed by atoms with Crippen LogP contribution in [-0.2, 0) is 17.4 Å². The zero-order valence-electron chi connectivity index (χ0n) is 18.5. The molecule has 3 N–H and O–H groups in total. The van der Waals surface area contributed by atoms with E-state index < -0.39 is 0 Å². The van der Waals surface area contributed by atoms with Crippen molar-refractivity contribution >= 4 is 16.8 Å². The third-order valence-corrected chi connectivity index (χ3v) is 5.17. The molecule has 3 rings (SSSR count). The van der Waals surface area contributed by atoms with Crippen molar-refractivity contribution in [3.05, 3.63) is 64.8 Å². The average molecular weight is 407 g/mol. The van der Waals surface area contributed by atoms with Crippen LogP contribution in [0.25, 0.3) is 10.9 Å². The number of para-hydroxylation sites is 1. The molecule has 0 aliphatic rings. The molecule has 0 unspecified atom stereocenters. The van der Waals surface area contributed by atoms with E-state index in [9.17, 15) is 15.0 Å². The number of benzene rings is 2. The second-order valence-electron chi connectivity index (χ2n) is 9.77. The number of nitrogens with one attached hydrogen (secondary N) is 1. The standard InChI is InChI=1S/C25H30N2O3/c1-24(2,3)17-12-15(13-18(22(17)29)25(4,5)6)14-26-23(30)19-11-10-16-8-7-9-20(28)21(16)27-19/h7-13,28-29H,14H2,1-6H3,(H,26,30). The van der Waals surface area contributed by atoms with Crippen LogP contribution in [0.5, 0.6) is 11.5 Å². The van der Waals surface area contributed by atoms with Gasteiger partial charge in [-0.05, 0) is 51.8 Å². The molecule has 3 aromatic rings. The predicted octanol–water partition coefficient (Wildman–Crippen LogP) is 5.17. The van der Waals surface area contributed by atoms with Crippen molar-refractivity contribution in [3.63, 3.8) is 0 Å². The molecule has 2 aromatic carbocycles. The molecule has 0 aliphatic heterocycles. The summed E-state index contributed by atoms with van der Waals surface area (Å²) < 4.78 is 0. The quantitative estimate of drug-likeness (QED) is 0.560. The molecule has 0 spiro atoms. The van der Waals surface area contributed by atoms with Crippen molar-refractivity contribution in [1.29, 1.82) is 0 Å². The van der Waals surface area contributed by atoms with Crippen molar-refractivity contribution in [3.8, 4) is 11.5 Å². The zero-order valence-corrected chi connectivity index (χ0v) is 18.5. The number of hydrogen-bond acceptors (Lipinski definition) is 4. The van der Waals surface area contributed by atoms with Crippen LogP contribution in [0.2, 0.25) is 0 Å². The molecule has 0 radical (unpaired) electrons. The summed E-state index contributed by atoms with van der Waals surface area (Å²) in [6, 6.07) is 12.4. The summed E-state index contributed by atoms with van der Waals surface area (Å²) in [5, 5.41) is 24.5. The SMILES string of the molecule is CC(C)(C)c1cc(CNC(=O)c2ccc3cccc(O)c3n2)cc(C(C)(C)C)c1O. The Bertz CT molecular complexity index is 1070. The van der Waals surface area contributed by atoms with E-state index in [4.69, 9.17) is 0 Å². The van der Waals surface area contributed by atoms with E-state index in [2.05, 4.69) is 51.8 Å². The van der Waals surface area contributed by atoms with Crippen molar-refractivity contribution in [2.24, 2.45) is 0 Å². The molecule has 0 saturated carbocycles. The molecule has 0 fully saturated rings. The molecule has 1 aromatic heterocycles. The Morgan fingerprint density at radius 3 is 2.10 bits per heavy atom. The Labute approximate surface area is 177 Å². The number of amides is 1. The van der Waals surface area contributed by atoms with Crippen LogP contribution < -0.4 is 5.32 Å². The van der Waals surface area contributed by atoms with Gasteiger partial charge in [-0.3, -0.25) is 4.79 Å². The fraction of sp³-hybridized carbons (Fsp3) is 0.360. The van der Waals surface area contributed by atoms with Crippen molar-refractivity contribution in [2.75, 3.05) is 0 Å². The highest BCUT2D eigenvalue weighted by atomic mass is 16.3. The maximum atomic E-state index is 12.7. The highest BCUT2D eigenvalue weighted by Crippen LogP contribution is 2.39. The third kappa shape index (κ3) is 4.40. The van der Waals surface area contributed by atoms with Gasteiger partial charge in [0.2, 0.25) is 0 Å². The van der Waals surface area contributed by atoms with E-state index in [1.165, 1.54) is 0 Å². The minimum atomic E-state index is -0.317. The van der Waals surface area contributed by atoms with Gasteiger partial charge in [-0.2, -0.15) is 0 Å². The number of hydrogen-bond donors (Lipinski definition) is 3. The minimum Gasteiger partial charge on any atom is -0.507 e. The topological polar surface area (TPSA) is 82.5 Å². The summed E-state index contributed by atoms with van der Waals surface area (Å²) in [4.78, 5) is 17.0. The lowest BCUT2D eigenvalue weighted by Gasteiger charge is -2.28. The number of rotatable bonds is 3. The molecule has 1 amide bonds. The van der Waals surface area contributed by atoms with E-state index >= 15 is 0 Å². The van der Waals surface area contributed by atoms with Gasteiger partial charge in [0.05, 0.1) is 0 Å². The number of fused-ring (bicyclic) bond motifs is 1. The van der Waals surface area contributed by atoms with Gasteiger partial charge in [0.25, 0.3) is 5.91 Å². The highest BCUT2D eigenvalue weighted by molar-refractivity contribution is 5.95.